The Kier molecular flexibility index (Phi) is 4.61. The van der Waals surface area contributed by atoms with Gasteiger partial charge in [0.15, 0.2) is 0 Å². The van der Waals surface area contributed by atoms with E-state index >= 15 is 0 Å². The summed E-state index contributed by atoms with van der Waals surface area (Å²) in [7, 11) is 0. The highest BCUT2D eigenvalue weighted by atomic mass is 16.2. The monoisotopic (exact) mass is 279 g/mol. The first kappa shape index (κ1) is 14.3. The zero-order chi connectivity index (χ0) is 13.9. The van der Waals surface area contributed by atoms with Gasteiger partial charge in [0.25, 0.3) is 0 Å². The van der Waals surface area contributed by atoms with E-state index in [1.54, 1.807) is 0 Å². The van der Waals surface area contributed by atoms with E-state index < -0.39 is 0 Å². The molecular weight excluding hydrogens is 250 g/mol. The van der Waals surface area contributed by atoms with Crippen LogP contribution in [0.1, 0.15) is 38.5 Å². The van der Waals surface area contributed by atoms with Gasteiger partial charge in [-0.1, -0.05) is 6.42 Å². The zero-order valence-electron chi connectivity index (χ0n) is 12.5. The molecular formula is C16H29N3O. The van der Waals surface area contributed by atoms with E-state index in [1.165, 1.54) is 38.8 Å². The van der Waals surface area contributed by atoms with Gasteiger partial charge in [0.05, 0.1) is 0 Å². The van der Waals surface area contributed by atoms with Crippen LogP contribution in [0.3, 0.4) is 0 Å². The number of hydrogen-bond donors (Lipinski definition) is 2. The Morgan fingerprint density at radius 2 is 1.90 bits per heavy atom. The second-order valence-corrected chi connectivity index (χ2v) is 6.95. The number of piperidine rings is 1. The van der Waals surface area contributed by atoms with Crippen molar-refractivity contribution >= 4 is 5.91 Å². The third-order valence-electron chi connectivity index (χ3n) is 5.90. The molecule has 0 aromatic rings. The number of carbonyl (C=O) groups excluding carboxylic acids is 1. The average molecular weight is 279 g/mol. The molecule has 20 heavy (non-hydrogen) atoms. The minimum Gasteiger partial charge on any atom is -0.342 e. The Bertz CT molecular complexity index is 333. The predicted molar refractivity (Wildman–Crippen MR) is 80.2 cm³/mol. The van der Waals surface area contributed by atoms with Crippen molar-refractivity contribution in [1.29, 1.82) is 0 Å². The molecule has 3 aliphatic rings. The number of nitrogens with zero attached hydrogens (tertiary/aromatic N) is 1. The summed E-state index contributed by atoms with van der Waals surface area (Å²) >= 11 is 0. The molecule has 2 saturated heterocycles. The van der Waals surface area contributed by atoms with Crippen molar-refractivity contribution in [3.05, 3.63) is 0 Å². The fourth-order valence-corrected chi connectivity index (χ4v) is 4.55. The van der Waals surface area contributed by atoms with Crippen LogP contribution in [0.4, 0.5) is 0 Å². The third kappa shape index (κ3) is 2.86. The molecule has 1 saturated carbocycles. The lowest BCUT2D eigenvalue weighted by molar-refractivity contribution is -0.138. The fourth-order valence-electron chi connectivity index (χ4n) is 4.55. The number of likely N-dealkylation sites (tertiary alicyclic amines) is 1. The Labute approximate surface area is 122 Å². The van der Waals surface area contributed by atoms with Crippen molar-refractivity contribution in [3.63, 3.8) is 0 Å². The predicted octanol–water partition coefficient (Wildman–Crippen LogP) is 1.21. The number of nitrogens with one attached hydrogen (secondary N) is 1. The highest BCUT2D eigenvalue weighted by molar-refractivity contribution is 5.79. The van der Waals surface area contributed by atoms with Gasteiger partial charge in [-0.25, -0.2) is 0 Å². The first-order valence-corrected chi connectivity index (χ1v) is 8.49. The van der Waals surface area contributed by atoms with E-state index in [0.717, 1.165) is 37.8 Å². The summed E-state index contributed by atoms with van der Waals surface area (Å²) < 4.78 is 0. The largest absolute Gasteiger partial charge is 0.342 e. The van der Waals surface area contributed by atoms with Gasteiger partial charge in [-0.2, -0.15) is 0 Å². The molecule has 114 valence electrons. The Morgan fingerprint density at radius 1 is 1.10 bits per heavy atom. The lowest BCUT2D eigenvalue weighted by Crippen LogP contribution is -2.44. The van der Waals surface area contributed by atoms with Crippen molar-refractivity contribution in [1.82, 2.24) is 10.2 Å². The number of nitrogens with two attached hydrogens (primary N) is 1. The second kappa shape index (κ2) is 6.44. The summed E-state index contributed by atoms with van der Waals surface area (Å²) in [4.78, 5) is 14.8. The maximum Gasteiger partial charge on any atom is 0.226 e. The quantitative estimate of drug-likeness (QED) is 0.816. The van der Waals surface area contributed by atoms with Gasteiger partial charge >= 0.3 is 0 Å². The van der Waals surface area contributed by atoms with Gasteiger partial charge in [-0.15, -0.1) is 0 Å². The van der Waals surface area contributed by atoms with E-state index in [4.69, 9.17) is 5.73 Å². The first-order valence-electron chi connectivity index (χ1n) is 8.49. The maximum atomic E-state index is 12.7. The lowest BCUT2D eigenvalue weighted by atomic mass is 9.83. The molecule has 4 nitrogen and oxygen atoms in total. The molecule has 1 unspecified atom stereocenters. The van der Waals surface area contributed by atoms with Gasteiger partial charge in [-0.3, -0.25) is 4.79 Å². The minimum atomic E-state index is 0.227. The van der Waals surface area contributed by atoms with E-state index in [0.29, 0.717) is 18.4 Å². The summed E-state index contributed by atoms with van der Waals surface area (Å²) in [6, 6.07) is 0. The van der Waals surface area contributed by atoms with Crippen LogP contribution >= 0.6 is 0 Å². The molecule has 3 fully saturated rings. The maximum absolute atomic E-state index is 12.7. The molecule has 3 atom stereocenters. The smallest absolute Gasteiger partial charge is 0.226 e. The van der Waals surface area contributed by atoms with Gasteiger partial charge < -0.3 is 16.0 Å². The normalized spacial score (nSPS) is 35.6. The first-order chi connectivity index (χ1) is 9.79. The number of amides is 1. The highest BCUT2D eigenvalue weighted by Gasteiger charge is 2.37. The van der Waals surface area contributed by atoms with Gasteiger partial charge in [-0.05, 0) is 69.5 Å². The van der Waals surface area contributed by atoms with Crippen molar-refractivity contribution in [2.24, 2.45) is 29.4 Å². The van der Waals surface area contributed by atoms with Gasteiger partial charge in [0, 0.05) is 19.0 Å². The van der Waals surface area contributed by atoms with Crippen molar-refractivity contribution < 1.29 is 4.79 Å². The molecule has 3 N–H and O–H groups in total. The number of hydrogen-bond acceptors (Lipinski definition) is 3. The van der Waals surface area contributed by atoms with Crippen LogP contribution in [0, 0.1) is 23.7 Å². The molecule has 1 aliphatic carbocycles. The van der Waals surface area contributed by atoms with Crippen LogP contribution in [0.5, 0.6) is 0 Å². The zero-order valence-corrected chi connectivity index (χ0v) is 12.5. The SMILES string of the molecule is NC[C@H]1CCC[C@H]1C(=O)N1CCC(C2CCNC2)CC1. The summed E-state index contributed by atoms with van der Waals surface area (Å²) in [6.45, 7) is 5.02. The van der Waals surface area contributed by atoms with Crippen LogP contribution in [0.2, 0.25) is 0 Å². The summed E-state index contributed by atoms with van der Waals surface area (Å²) in [6.07, 6.45) is 7.14. The molecule has 0 bridgehead atoms. The van der Waals surface area contributed by atoms with Crippen LogP contribution in [0.15, 0.2) is 0 Å². The van der Waals surface area contributed by atoms with Crippen LogP contribution < -0.4 is 11.1 Å². The van der Waals surface area contributed by atoms with Crippen molar-refractivity contribution in [3.8, 4) is 0 Å². The molecule has 0 spiro atoms. The molecule has 3 rings (SSSR count). The second-order valence-electron chi connectivity index (χ2n) is 6.95. The fraction of sp³-hybridized carbons (Fsp3) is 0.938. The number of carbonyl (C=O) groups is 1. The molecule has 2 heterocycles. The molecule has 0 radical (unpaired) electrons. The van der Waals surface area contributed by atoms with Gasteiger partial charge in [0.2, 0.25) is 5.91 Å². The summed E-state index contributed by atoms with van der Waals surface area (Å²) in [5, 5.41) is 3.47. The number of rotatable bonds is 3. The van der Waals surface area contributed by atoms with Gasteiger partial charge in [0.1, 0.15) is 0 Å². The standard InChI is InChI=1S/C16H29N3O/c17-10-13-2-1-3-15(13)16(20)19-8-5-12(6-9-19)14-4-7-18-11-14/h12-15,18H,1-11,17H2/t13-,14?,15-/m1/s1. The van der Waals surface area contributed by atoms with E-state index in [1.807, 2.05) is 0 Å². The van der Waals surface area contributed by atoms with E-state index in [9.17, 15) is 4.79 Å². The molecule has 4 heteroatoms. The molecule has 2 aliphatic heterocycles. The minimum absolute atomic E-state index is 0.227. The van der Waals surface area contributed by atoms with Crippen LogP contribution in [-0.4, -0.2) is 43.5 Å². The van der Waals surface area contributed by atoms with Crippen molar-refractivity contribution in [2.45, 2.75) is 38.5 Å². The Balaban J connectivity index is 1.51. The van der Waals surface area contributed by atoms with E-state index in [-0.39, 0.29) is 5.92 Å². The topological polar surface area (TPSA) is 58.4 Å². The molecule has 1 amide bonds. The lowest BCUT2D eigenvalue weighted by Gasteiger charge is -2.36. The highest BCUT2D eigenvalue weighted by Crippen LogP contribution is 2.34. The Hall–Kier alpha value is -0.610. The summed E-state index contributed by atoms with van der Waals surface area (Å²) in [5.74, 6) is 2.77. The van der Waals surface area contributed by atoms with Crippen molar-refractivity contribution in [2.75, 3.05) is 32.7 Å². The van der Waals surface area contributed by atoms with Crippen LogP contribution in [-0.2, 0) is 4.79 Å². The summed E-state index contributed by atoms with van der Waals surface area (Å²) in [5.41, 5.74) is 5.82. The molecule has 0 aromatic carbocycles. The van der Waals surface area contributed by atoms with Crippen LogP contribution in [0.25, 0.3) is 0 Å². The third-order valence-corrected chi connectivity index (χ3v) is 5.90. The molecule has 0 aromatic heterocycles. The Morgan fingerprint density at radius 3 is 2.55 bits per heavy atom. The average Bonchev–Trinajstić information content (AvgIpc) is 3.17. The van der Waals surface area contributed by atoms with E-state index in [2.05, 4.69) is 10.2 Å².